The highest BCUT2D eigenvalue weighted by molar-refractivity contribution is 6.34. The van der Waals surface area contributed by atoms with Crippen molar-refractivity contribution in [3.8, 4) is 0 Å². The van der Waals surface area contributed by atoms with Crippen molar-refractivity contribution in [2.45, 2.75) is 6.54 Å². The molecule has 0 saturated carbocycles. The van der Waals surface area contributed by atoms with Gasteiger partial charge in [-0.15, -0.1) is 0 Å². The van der Waals surface area contributed by atoms with E-state index in [1.54, 1.807) is 38.4 Å². The largest absolute Gasteiger partial charge is 0.379 e. The molecular formula is C21H24ClN3O3. The lowest BCUT2D eigenvalue weighted by molar-refractivity contribution is 0.0342. The van der Waals surface area contributed by atoms with Gasteiger partial charge in [-0.1, -0.05) is 23.7 Å². The SMILES string of the molecule is CN(C)C(=O)c1cc(NC(=O)c2cccc(CN3CCOCC3)c2)ccc1Cl. The van der Waals surface area contributed by atoms with Gasteiger partial charge in [-0.25, -0.2) is 0 Å². The van der Waals surface area contributed by atoms with Crippen LogP contribution in [-0.2, 0) is 11.3 Å². The number of nitrogens with zero attached hydrogens (tertiary/aromatic N) is 2. The highest BCUT2D eigenvalue weighted by Gasteiger charge is 2.15. The van der Waals surface area contributed by atoms with E-state index in [2.05, 4.69) is 10.2 Å². The molecule has 2 aromatic rings. The number of morpholine rings is 1. The molecule has 28 heavy (non-hydrogen) atoms. The van der Waals surface area contributed by atoms with E-state index in [1.807, 2.05) is 18.2 Å². The summed E-state index contributed by atoms with van der Waals surface area (Å²) in [6.07, 6.45) is 0. The van der Waals surface area contributed by atoms with Crippen LogP contribution in [0.3, 0.4) is 0 Å². The smallest absolute Gasteiger partial charge is 0.255 e. The summed E-state index contributed by atoms with van der Waals surface area (Å²) in [5.41, 5.74) is 2.53. The number of hydrogen-bond donors (Lipinski definition) is 1. The first-order chi connectivity index (χ1) is 13.4. The summed E-state index contributed by atoms with van der Waals surface area (Å²) in [5, 5.41) is 3.20. The van der Waals surface area contributed by atoms with Gasteiger partial charge in [0, 0.05) is 45.0 Å². The molecule has 1 fully saturated rings. The minimum absolute atomic E-state index is 0.214. The van der Waals surface area contributed by atoms with Gasteiger partial charge in [0.15, 0.2) is 0 Å². The van der Waals surface area contributed by atoms with E-state index in [4.69, 9.17) is 16.3 Å². The van der Waals surface area contributed by atoms with Crippen molar-refractivity contribution in [2.24, 2.45) is 0 Å². The molecule has 0 aromatic heterocycles. The van der Waals surface area contributed by atoms with Crippen LogP contribution < -0.4 is 5.32 Å². The molecule has 1 saturated heterocycles. The number of hydrogen-bond acceptors (Lipinski definition) is 4. The van der Waals surface area contributed by atoms with Crippen molar-refractivity contribution < 1.29 is 14.3 Å². The summed E-state index contributed by atoms with van der Waals surface area (Å²) in [5.74, 6) is -0.442. The molecule has 1 aliphatic heterocycles. The summed E-state index contributed by atoms with van der Waals surface area (Å²) in [4.78, 5) is 28.7. The lowest BCUT2D eigenvalue weighted by Gasteiger charge is -2.26. The quantitative estimate of drug-likeness (QED) is 0.836. The van der Waals surface area contributed by atoms with Crippen LogP contribution in [0.15, 0.2) is 42.5 Å². The van der Waals surface area contributed by atoms with Crippen molar-refractivity contribution in [3.05, 3.63) is 64.2 Å². The van der Waals surface area contributed by atoms with E-state index < -0.39 is 0 Å². The number of carbonyl (C=O) groups excluding carboxylic acids is 2. The van der Waals surface area contributed by atoms with Crippen molar-refractivity contribution in [2.75, 3.05) is 45.7 Å². The summed E-state index contributed by atoms with van der Waals surface area (Å²) < 4.78 is 5.37. The zero-order valence-electron chi connectivity index (χ0n) is 16.1. The first kappa shape index (κ1) is 20.3. The summed E-state index contributed by atoms with van der Waals surface area (Å²) in [7, 11) is 3.31. The van der Waals surface area contributed by atoms with Crippen LogP contribution in [0.1, 0.15) is 26.3 Å². The van der Waals surface area contributed by atoms with E-state index in [0.717, 1.165) is 38.4 Å². The Hall–Kier alpha value is -2.41. The Bertz CT molecular complexity index is 864. The Morgan fingerprint density at radius 2 is 1.89 bits per heavy atom. The zero-order valence-corrected chi connectivity index (χ0v) is 16.8. The normalized spacial score (nSPS) is 14.5. The number of amides is 2. The predicted molar refractivity (Wildman–Crippen MR) is 110 cm³/mol. The van der Waals surface area contributed by atoms with Crippen molar-refractivity contribution in [1.29, 1.82) is 0 Å². The molecule has 0 radical (unpaired) electrons. The molecule has 6 nitrogen and oxygen atoms in total. The van der Waals surface area contributed by atoms with E-state index >= 15 is 0 Å². The molecular weight excluding hydrogens is 378 g/mol. The van der Waals surface area contributed by atoms with Gasteiger partial charge in [-0.05, 0) is 35.9 Å². The summed E-state index contributed by atoms with van der Waals surface area (Å²) >= 11 is 6.13. The minimum Gasteiger partial charge on any atom is -0.379 e. The molecule has 1 aliphatic rings. The second-order valence-electron chi connectivity index (χ2n) is 6.94. The average molecular weight is 402 g/mol. The first-order valence-corrected chi connectivity index (χ1v) is 9.53. The third kappa shape index (κ3) is 5.10. The maximum Gasteiger partial charge on any atom is 0.255 e. The topological polar surface area (TPSA) is 61.9 Å². The number of nitrogens with one attached hydrogen (secondary N) is 1. The maximum absolute atomic E-state index is 12.7. The van der Waals surface area contributed by atoms with Gasteiger partial charge in [0.25, 0.3) is 11.8 Å². The number of ether oxygens (including phenoxy) is 1. The predicted octanol–water partition coefficient (Wildman–Crippen LogP) is 3.13. The monoisotopic (exact) mass is 401 g/mol. The highest BCUT2D eigenvalue weighted by Crippen LogP contribution is 2.22. The molecule has 3 rings (SSSR count). The third-order valence-electron chi connectivity index (χ3n) is 4.56. The Kier molecular flexibility index (Phi) is 6.67. The first-order valence-electron chi connectivity index (χ1n) is 9.15. The van der Waals surface area contributed by atoms with Crippen molar-refractivity contribution >= 4 is 29.1 Å². The molecule has 2 amide bonds. The van der Waals surface area contributed by atoms with Gasteiger partial charge >= 0.3 is 0 Å². The second-order valence-corrected chi connectivity index (χ2v) is 7.34. The third-order valence-corrected chi connectivity index (χ3v) is 4.89. The molecule has 0 bridgehead atoms. The molecule has 0 spiro atoms. The lowest BCUT2D eigenvalue weighted by Crippen LogP contribution is -2.35. The molecule has 1 N–H and O–H groups in total. The maximum atomic E-state index is 12.7. The Morgan fingerprint density at radius 1 is 1.14 bits per heavy atom. The highest BCUT2D eigenvalue weighted by atomic mass is 35.5. The number of halogens is 1. The molecule has 7 heteroatoms. The van der Waals surface area contributed by atoms with Gasteiger partial charge in [-0.2, -0.15) is 0 Å². The standard InChI is InChI=1S/C21H24ClN3O3/c1-24(2)21(27)18-13-17(6-7-19(18)22)23-20(26)16-5-3-4-15(12-16)14-25-8-10-28-11-9-25/h3-7,12-13H,8-11,14H2,1-2H3,(H,23,26). The Balaban J connectivity index is 1.72. The van der Waals surface area contributed by atoms with Gasteiger partial charge in [0.1, 0.15) is 0 Å². The Labute approximate surface area is 170 Å². The molecule has 0 atom stereocenters. The van der Waals surface area contributed by atoms with Crippen molar-refractivity contribution in [3.63, 3.8) is 0 Å². The summed E-state index contributed by atoms with van der Waals surface area (Å²) in [6, 6.07) is 12.5. The van der Waals surface area contributed by atoms with E-state index in [-0.39, 0.29) is 11.8 Å². The number of rotatable bonds is 5. The van der Waals surface area contributed by atoms with Crippen LogP contribution in [0, 0.1) is 0 Å². The molecule has 2 aromatic carbocycles. The fourth-order valence-corrected chi connectivity index (χ4v) is 3.24. The van der Waals surface area contributed by atoms with Crippen LogP contribution >= 0.6 is 11.6 Å². The van der Waals surface area contributed by atoms with Crippen LogP contribution in [-0.4, -0.2) is 62.0 Å². The summed E-state index contributed by atoms with van der Waals surface area (Å²) in [6.45, 7) is 4.05. The molecule has 0 aliphatic carbocycles. The van der Waals surface area contributed by atoms with Gasteiger partial charge in [0.2, 0.25) is 0 Å². The van der Waals surface area contributed by atoms with Gasteiger partial charge in [-0.3, -0.25) is 14.5 Å². The molecule has 1 heterocycles. The van der Waals surface area contributed by atoms with Crippen LogP contribution in [0.5, 0.6) is 0 Å². The number of anilines is 1. The fourth-order valence-electron chi connectivity index (χ4n) is 3.04. The zero-order chi connectivity index (χ0) is 20.1. The van der Waals surface area contributed by atoms with E-state index in [1.165, 1.54) is 4.90 Å². The molecule has 148 valence electrons. The minimum atomic E-state index is -0.227. The van der Waals surface area contributed by atoms with E-state index in [0.29, 0.717) is 21.8 Å². The van der Waals surface area contributed by atoms with Crippen LogP contribution in [0.4, 0.5) is 5.69 Å². The second kappa shape index (κ2) is 9.19. The van der Waals surface area contributed by atoms with Crippen molar-refractivity contribution in [1.82, 2.24) is 9.80 Å². The lowest BCUT2D eigenvalue weighted by atomic mass is 10.1. The van der Waals surface area contributed by atoms with Crippen LogP contribution in [0.2, 0.25) is 5.02 Å². The van der Waals surface area contributed by atoms with Gasteiger partial charge in [0.05, 0.1) is 23.8 Å². The Morgan fingerprint density at radius 3 is 2.61 bits per heavy atom. The van der Waals surface area contributed by atoms with Gasteiger partial charge < -0.3 is 15.0 Å². The van der Waals surface area contributed by atoms with Crippen LogP contribution in [0.25, 0.3) is 0 Å². The van der Waals surface area contributed by atoms with E-state index in [9.17, 15) is 9.59 Å². The fraction of sp³-hybridized carbons (Fsp3) is 0.333. The molecule has 0 unspecified atom stereocenters. The number of benzene rings is 2. The average Bonchev–Trinajstić information content (AvgIpc) is 2.69. The number of carbonyl (C=O) groups is 2.